The summed E-state index contributed by atoms with van der Waals surface area (Å²) in [6, 6.07) is 15.5. The third kappa shape index (κ3) is 5.39. The van der Waals surface area contributed by atoms with Gasteiger partial charge in [0.1, 0.15) is 12.6 Å². The van der Waals surface area contributed by atoms with E-state index in [2.05, 4.69) is 36.2 Å². The number of fused-ring (bicyclic) bond motifs is 3. The van der Waals surface area contributed by atoms with Crippen LogP contribution in [0.5, 0.6) is 0 Å². The van der Waals surface area contributed by atoms with Crippen LogP contribution in [0, 0.1) is 11.8 Å². The molecule has 35 heavy (non-hydrogen) atoms. The van der Waals surface area contributed by atoms with E-state index in [4.69, 9.17) is 9.84 Å². The molecule has 1 saturated heterocycles. The minimum Gasteiger partial charge on any atom is -0.481 e. The van der Waals surface area contributed by atoms with Crippen LogP contribution in [-0.2, 0) is 14.3 Å². The van der Waals surface area contributed by atoms with Crippen LogP contribution >= 0.6 is 0 Å². The Morgan fingerprint density at radius 2 is 1.74 bits per heavy atom. The van der Waals surface area contributed by atoms with Gasteiger partial charge in [-0.05, 0) is 46.9 Å². The Bertz CT molecular complexity index is 1070. The van der Waals surface area contributed by atoms with E-state index < -0.39 is 18.1 Å². The van der Waals surface area contributed by atoms with Gasteiger partial charge in [-0.3, -0.25) is 9.59 Å². The fourth-order valence-electron chi connectivity index (χ4n) is 5.25. The van der Waals surface area contributed by atoms with Crippen molar-refractivity contribution < 1.29 is 24.2 Å². The summed E-state index contributed by atoms with van der Waals surface area (Å²) < 4.78 is 5.63. The van der Waals surface area contributed by atoms with E-state index in [0.29, 0.717) is 25.9 Å². The lowest BCUT2D eigenvalue weighted by molar-refractivity contribution is -0.138. The SMILES string of the molecule is C=CCCC(NC(=O)OCC1c2ccccc2-c2ccccc21)C(=O)N1C[C@@H](CC(=O)O)[C@H](C)C1. The van der Waals surface area contributed by atoms with Crippen molar-refractivity contribution in [1.82, 2.24) is 10.2 Å². The molecule has 3 atom stereocenters. The fraction of sp³-hybridized carbons (Fsp3) is 0.393. The molecule has 184 valence electrons. The molecule has 0 aromatic heterocycles. The van der Waals surface area contributed by atoms with Gasteiger partial charge < -0.3 is 20.1 Å². The summed E-state index contributed by atoms with van der Waals surface area (Å²) >= 11 is 0. The van der Waals surface area contributed by atoms with Crippen LogP contribution in [0.2, 0.25) is 0 Å². The average molecular weight is 477 g/mol. The summed E-state index contributed by atoms with van der Waals surface area (Å²) in [5.41, 5.74) is 4.54. The summed E-state index contributed by atoms with van der Waals surface area (Å²) in [4.78, 5) is 38.8. The molecule has 7 heteroatoms. The summed E-state index contributed by atoms with van der Waals surface area (Å²) in [5.74, 6) is -1.14. The molecule has 1 unspecified atom stereocenters. The maximum atomic E-state index is 13.2. The first kappa shape index (κ1) is 24.5. The molecule has 1 fully saturated rings. The van der Waals surface area contributed by atoms with E-state index in [9.17, 15) is 14.4 Å². The van der Waals surface area contributed by atoms with Gasteiger partial charge in [-0.2, -0.15) is 0 Å². The van der Waals surface area contributed by atoms with Crippen molar-refractivity contribution in [1.29, 1.82) is 0 Å². The van der Waals surface area contributed by atoms with Gasteiger partial charge in [-0.15, -0.1) is 6.58 Å². The number of aliphatic carboxylic acids is 1. The lowest BCUT2D eigenvalue weighted by Crippen LogP contribution is -2.48. The van der Waals surface area contributed by atoms with Crippen LogP contribution < -0.4 is 5.32 Å². The lowest BCUT2D eigenvalue weighted by atomic mass is 9.95. The molecule has 4 rings (SSSR count). The zero-order valence-electron chi connectivity index (χ0n) is 20.0. The number of allylic oxidation sites excluding steroid dienone is 1. The predicted molar refractivity (Wildman–Crippen MR) is 133 cm³/mol. The number of hydrogen-bond acceptors (Lipinski definition) is 4. The lowest BCUT2D eigenvalue weighted by Gasteiger charge is -2.24. The number of carboxylic acid groups (broad SMARTS) is 1. The highest BCUT2D eigenvalue weighted by Crippen LogP contribution is 2.44. The Hall–Kier alpha value is -3.61. The standard InChI is InChI=1S/C28H32N2O5/c1-3-4-13-25(27(33)30-15-18(2)19(16-30)14-26(31)32)29-28(34)35-17-24-22-11-7-5-9-20(22)21-10-6-8-12-23(21)24/h3,5-12,18-19,24-25H,1,4,13-17H2,2H3,(H,29,34)(H,31,32)/t18-,19-,25?/m1/s1. The summed E-state index contributed by atoms with van der Waals surface area (Å²) in [5, 5.41) is 11.9. The number of carboxylic acids is 1. The molecule has 0 bridgehead atoms. The highest BCUT2D eigenvalue weighted by atomic mass is 16.5. The quantitative estimate of drug-likeness (QED) is 0.522. The van der Waals surface area contributed by atoms with Gasteiger partial charge in [0.2, 0.25) is 5.91 Å². The topological polar surface area (TPSA) is 95.9 Å². The number of nitrogens with zero attached hydrogens (tertiary/aromatic N) is 1. The number of hydrogen-bond donors (Lipinski definition) is 2. The Morgan fingerprint density at radius 3 is 2.34 bits per heavy atom. The number of nitrogens with one attached hydrogen (secondary N) is 1. The largest absolute Gasteiger partial charge is 0.481 e. The zero-order valence-corrected chi connectivity index (χ0v) is 20.0. The Balaban J connectivity index is 1.40. The monoisotopic (exact) mass is 476 g/mol. The number of benzene rings is 2. The number of rotatable bonds is 9. The molecule has 0 radical (unpaired) electrons. The third-order valence-electron chi connectivity index (χ3n) is 7.11. The Kier molecular flexibility index (Phi) is 7.54. The normalized spacial score (nSPS) is 19.5. The first-order chi connectivity index (χ1) is 16.9. The number of likely N-dealkylation sites (tertiary alicyclic amines) is 1. The summed E-state index contributed by atoms with van der Waals surface area (Å²) in [6.07, 6.45) is 2.06. The fourth-order valence-corrected chi connectivity index (χ4v) is 5.25. The van der Waals surface area contributed by atoms with Crippen LogP contribution in [0.15, 0.2) is 61.2 Å². The van der Waals surface area contributed by atoms with Crippen LogP contribution in [0.1, 0.15) is 43.2 Å². The number of carbonyl (C=O) groups is 3. The maximum absolute atomic E-state index is 13.2. The van der Waals surface area contributed by atoms with Crippen LogP contribution in [-0.4, -0.2) is 53.7 Å². The third-order valence-corrected chi connectivity index (χ3v) is 7.11. The Labute approximate surface area is 205 Å². The first-order valence-electron chi connectivity index (χ1n) is 12.1. The van der Waals surface area contributed by atoms with E-state index in [1.54, 1.807) is 11.0 Å². The number of ether oxygens (including phenoxy) is 1. The van der Waals surface area contributed by atoms with E-state index in [1.165, 1.54) is 0 Å². The van der Waals surface area contributed by atoms with Gasteiger partial charge >= 0.3 is 12.1 Å². The van der Waals surface area contributed by atoms with E-state index in [1.807, 2.05) is 31.2 Å². The Morgan fingerprint density at radius 1 is 1.11 bits per heavy atom. The minimum atomic E-state index is -0.865. The van der Waals surface area contributed by atoms with Crippen molar-refractivity contribution >= 4 is 18.0 Å². The second-order valence-corrected chi connectivity index (χ2v) is 9.47. The molecule has 2 N–H and O–H groups in total. The molecular formula is C28H32N2O5. The van der Waals surface area contributed by atoms with Gasteiger partial charge in [0, 0.05) is 19.0 Å². The summed E-state index contributed by atoms with van der Waals surface area (Å²) in [6.45, 7) is 6.71. The van der Waals surface area contributed by atoms with Gasteiger partial charge in [0.25, 0.3) is 0 Å². The maximum Gasteiger partial charge on any atom is 0.407 e. The van der Waals surface area contributed by atoms with Gasteiger partial charge in [-0.1, -0.05) is 61.5 Å². The first-order valence-corrected chi connectivity index (χ1v) is 12.1. The molecule has 1 heterocycles. The van der Waals surface area contributed by atoms with Crippen LogP contribution in [0.3, 0.4) is 0 Å². The van der Waals surface area contributed by atoms with Gasteiger partial charge in [0.15, 0.2) is 0 Å². The van der Waals surface area contributed by atoms with Crippen molar-refractivity contribution in [2.24, 2.45) is 11.8 Å². The van der Waals surface area contributed by atoms with E-state index in [0.717, 1.165) is 22.3 Å². The van der Waals surface area contributed by atoms with Gasteiger partial charge in [0.05, 0.1) is 6.42 Å². The number of amides is 2. The second kappa shape index (κ2) is 10.8. The van der Waals surface area contributed by atoms with E-state index >= 15 is 0 Å². The molecular weight excluding hydrogens is 444 g/mol. The van der Waals surface area contributed by atoms with Crippen molar-refractivity contribution in [3.05, 3.63) is 72.3 Å². The van der Waals surface area contributed by atoms with Crippen molar-refractivity contribution in [2.45, 2.75) is 38.1 Å². The van der Waals surface area contributed by atoms with Crippen molar-refractivity contribution in [3.63, 3.8) is 0 Å². The van der Waals surface area contributed by atoms with Crippen molar-refractivity contribution in [3.8, 4) is 11.1 Å². The summed E-state index contributed by atoms with van der Waals surface area (Å²) in [7, 11) is 0. The molecule has 2 aromatic rings. The minimum absolute atomic E-state index is 0.0298. The molecule has 0 spiro atoms. The molecule has 2 amide bonds. The highest BCUT2D eigenvalue weighted by molar-refractivity contribution is 5.86. The molecule has 2 aliphatic rings. The van der Waals surface area contributed by atoms with Crippen LogP contribution in [0.4, 0.5) is 4.79 Å². The molecule has 2 aromatic carbocycles. The zero-order chi connectivity index (χ0) is 24.9. The second-order valence-electron chi connectivity index (χ2n) is 9.47. The number of alkyl carbamates (subject to hydrolysis) is 1. The predicted octanol–water partition coefficient (Wildman–Crippen LogP) is 4.43. The van der Waals surface area contributed by atoms with Gasteiger partial charge in [-0.25, -0.2) is 4.79 Å². The smallest absolute Gasteiger partial charge is 0.407 e. The average Bonchev–Trinajstić information content (AvgIpc) is 3.37. The van der Waals surface area contributed by atoms with Crippen molar-refractivity contribution in [2.75, 3.05) is 19.7 Å². The highest BCUT2D eigenvalue weighted by Gasteiger charge is 2.37. The number of carbonyl (C=O) groups excluding carboxylic acids is 2. The molecule has 1 aliphatic carbocycles. The molecule has 1 aliphatic heterocycles. The van der Waals surface area contributed by atoms with E-state index in [-0.39, 0.29) is 36.7 Å². The molecule has 7 nitrogen and oxygen atoms in total. The van der Waals surface area contributed by atoms with Crippen LogP contribution in [0.25, 0.3) is 11.1 Å². The molecule has 0 saturated carbocycles.